The predicted molar refractivity (Wildman–Crippen MR) is 80.6 cm³/mol. The number of pyridine rings is 1. The zero-order valence-corrected chi connectivity index (χ0v) is 11.7. The quantitative estimate of drug-likeness (QED) is 0.790. The smallest absolute Gasteiger partial charge is 0.270 e. The van der Waals surface area contributed by atoms with Gasteiger partial charge in [0.1, 0.15) is 17.0 Å². The molecule has 0 radical (unpaired) electrons. The largest absolute Gasteiger partial charge is 0.322 e. The molecular formula is C16H12FN3O2. The Hall–Kier alpha value is -3.02. The fraction of sp³-hybridized carbons (Fsp3) is 0.0625. The molecule has 0 aliphatic rings. The van der Waals surface area contributed by atoms with Crippen LogP contribution in [0, 0.1) is 12.7 Å². The Bertz CT molecular complexity index is 917. The maximum atomic E-state index is 12.9. The van der Waals surface area contributed by atoms with Crippen LogP contribution in [0.15, 0.2) is 53.5 Å². The predicted octanol–water partition coefficient (Wildman–Crippen LogP) is 2.39. The third kappa shape index (κ3) is 2.46. The molecule has 1 N–H and O–H groups in total. The summed E-state index contributed by atoms with van der Waals surface area (Å²) in [6, 6.07) is 10.5. The molecular weight excluding hydrogens is 285 g/mol. The second-order valence-electron chi connectivity index (χ2n) is 4.80. The fourth-order valence-electron chi connectivity index (χ4n) is 2.16. The molecule has 0 saturated heterocycles. The molecule has 0 aliphatic heterocycles. The van der Waals surface area contributed by atoms with E-state index in [0.717, 1.165) is 0 Å². The van der Waals surface area contributed by atoms with Crippen molar-refractivity contribution in [3.05, 3.63) is 76.1 Å². The molecule has 110 valence electrons. The SMILES string of the molecule is Cc1cccc2ncc(C(=O)Nc3ccc(F)cc3)c(=O)n12. The van der Waals surface area contributed by atoms with Crippen LogP contribution in [0.25, 0.3) is 5.65 Å². The lowest BCUT2D eigenvalue weighted by Crippen LogP contribution is -2.27. The number of hydrogen-bond donors (Lipinski definition) is 1. The first-order valence-electron chi connectivity index (χ1n) is 6.60. The Kier molecular flexibility index (Phi) is 3.42. The molecule has 0 spiro atoms. The van der Waals surface area contributed by atoms with Crippen molar-refractivity contribution in [3.63, 3.8) is 0 Å². The van der Waals surface area contributed by atoms with Gasteiger partial charge in [-0.15, -0.1) is 0 Å². The second-order valence-corrected chi connectivity index (χ2v) is 4.80. The standard InChI is InChI=1S/C16H12FN3O2/c1-10-3-2-4-14-18-9-13(16(22)20(10)14)15(21)19-12-7-5-11(17)6-8-12/h2-9H,1H3,(H,19,21). The molecule has 2 aromatic heterocycles. The van der Waals surface area contributed by atoms with E-state index in [1.807, 2.05) is 0 Å². The summed E-state index contributed by atoms with van der Waals surface area (Å²) in [5, 5.41) is 2.55. The molecule has 3 aromatic rings. The monoisotopic (exact) mass is 297 g/mol. The van der Waals surface area contributed by atoms with Gasteiger partial charge in [0.05, 0.1) is 0 Å². The molecule has 22 heavy (non-hydrogen) atoms. The molecule has 0 bridgehead atoms. The lowest BCUT2D eigenvalue weighted by Gasteiger charge is -2.07. The number of anilines is 1. The van der Waals surface area contributed by atoms with Gasteiger partial charge >= 0.3 is 0 Å². The number of hydrogen-bond acceptors (Lipinski definition) is 3. The first kappa shape index (κ1) is 13.9. The highest BCUT2D eigenvalue weighted by molar-refractivity contribution is 6.03. The Morgan fingerprint density at radius 2 is 1.91 bits per heavy atom. The van der Waals surface area contributed by atoms with E-state index in [0.29, 0.717) is 17.0 Å². The van der Waals surface area contributed by atoms with Gasteiger partial charge in [-0.05, 0) is 43.3 Å². The van der Waals surface area contributed by atoms with Gasteiger partial charge in [-0.3, -0.25) is 14.0 Å². The number of carbonyl (C=O) groups is 1. The summed E-state index contributed by atoms with van der Waals surface area (Å²) in [5.41, 5.74) is 1.05. The van der Waals surface area contributed by atoms with Crippen molar-refractivity contribution in [2.75, 3.05) is 5.32 Å². The molecule has 0 saturated carbocycles. The normalized spacial score (nSPS) is 10.6. The summed E-state index contributed by atoms with van der Waals surface area (Å²) in [7, 11) is 0. The van der Waals surface area contributed by atoms with Crippen molar-refractivity contribution < 1.29 is 9.18 Å². The summed E-state index contributed by atoms with van der Waals surface area (Å²) >= 11 is 0. The molecule has 2 heterocycles. The van der Waals surface area contributed by atoms with Crippen LogP contribution in [0.1, 0.15) is 16.1 Å². The number of nitrogens with zero attached hydrogens (tertiary/aromatic N) is 2. The molecule has 0 unspecified atom stereocenters. The fourth-order valence-corrected chi connectivity index (χ4v) is 2.16. The van der Waals surface area contributed by atoms with Gasteiger partial charge in [-0.1, -0.05) is 6.07 Å². The average Bonchev–Trinajstić information content (AvgIpc) is 2.50. The maximum Gasteiger partial charge on any atom is 0.270 e. The molecule has 3 rings (SSSR count). The molecule has 6 heteroatoms. The van der Waals surface area contributed by atoms with Crippen LogP contribution in [0.2, 0.25) is 0 Å². The Morgan fingerprint density at radius 1 is 1.18 bits per heavy atom. The zero-order valence-electron chi connectivity index (χ0n) is 11.7. The third-order valence-electron chi connectivity index (χ3n) is 3.27. The van der Waals surface area contributed by atoms with Crippen LogP contribution in [0.4, 0.5) is 10.1 Å². The van der Waals surface area contributed by atoms with Crippen LogP contribution < -0.4 is 10.9 Å². The molecule has 5 nitrogen and oxygen atoms in total. The highest BCUT2D eigenvalue weighted by atomic mass is 19.1. The lowest BCUT2D eigenvalue weighted by atomic mass is 10.2. The second kappa shape index (κ2) is 5.40. The minimum atomic E-state index is -0.582. The number of aromatic nitrogens is 2. The van der Waals surface area contributed by atoms with E-state index in [4.69, 9.17) is 0 Å². The van der Waals surface area contributed by atoms with Gasteiger partial charge < -0.3 is 5.32 Å². The molecule has 0 aliphatic carbocycles. The Morgan fingerprint density at radius 3 is 2.64 bits per heavy atom. The lowest BCUT2D eigenvalue weighted by molar-refractivity contribution is 0.102. The third-order valence-corrected chi connectivity index (χ3v) is 3.27. The van der Waals surface area contributed by atoms with Gasteiger partial charge in [0.2, 0.25) is 0 Å². The summed E-state index contributed by atoms with van der Waals surface area (Å²) in [5.74, 6) is -0.983. The summed E-state index contributed by atoms with van der Waals surface area (Å²) < 4.78 is 14.2. The number of carbonyl (C=O) groups excluding carboxylic acids is 1. The van der Waals surface area contributed by atoms with E-state index in [-0.39, 0.29) is 5.56 Å². The number of aryl methyl sites for hydroxylation is 1. The summed E-state index contributed by atoms with van der Waals surface area (Å²) in [4.78, 5) is 28.8. The van der Waals surface area contributed by atoms with E-state index in [1.54, 1.807) is 25.1 Å². The van der Waals surface area contributed by atoms with Gasteiger partial charge in [-0.25, -0.2) is 9.37 Å². The Balaban J connectivity index is 2.01. The number of fused-ring (bicyclic) bond motifs is 1. The van der Waals surface area contributed by atoms with Gasteiger partial charge in [0.25, 0.3) is 11.5 Å². The Labute approximate surface area is 125 Å². The first-order chi connectivity index (χ1) is 10.6. The van der Waals surface area contributed by atoms with Crippen LogP contribution in [-0.2, 0) is 0 Å². The molecule has 1 aromatic carbocycles. The van der Waals surface area contributed by atoms with Crippen molar-refractivity contribution in [3.8, 4) is 0 Å². The van der Waals surface area contributed by atoms with Crippen LogP contribution in [-0.4, -0.2) is 15.3 Å². The van der Waals surface area contributed by atoms with E-state index in [1.165, 1.54) is 34.9 Å². The van der Waals surface area contributed by atoms with Crippen LogP contribution in [0.5, 0.6) is 0 Å². The number of amides is 1. The molecule has 0 atom stereocenters. The highest BCUT2D eigenvalue weighted by Gasteiger charge is 2.14. The van der Waals surface area contributed by atoms with Crippen molar-refractivity contribution >= 4 is 17.2 Å². The van der Waals surface area contributed by atoms with Gasteiger partial charge in [0, 0.05) is 17.6 Å². The minimum absolute atomic E-state index is 0.0730. The number of rotatable bonds is 2. The van der Waals surface area contributed by atoms with E-state index >= 15 is 0 Å². The van der Waals surface area contributed by atoms with Crippen LogP contribution >= 0.6 is 0 Å². The summed E-state index contributed by atoms with van der Waals surface area (Å²) in [6.07, 6.45) is 1.25. The van der Waals surface area contributed by atoms with E-state index < -0.39 is 17.3 Å². The zero-order chi connectivity index (χ0) is 15.7. The first-order valence-corrected chi connectivity index (χ1v) is 6.60. The van der Waals surface area contributed by atoms with Crippen molar-refractivity contribution in [2.45, 2.75) is 6.92 Å². The molecule has 1 amide bonds. The summed E-state index contributed by atoms with van der Waals surface area (Å²) in [6.45, 7) is 1.76. The van der Waals surface area contributed by atoms with Gasteiger partial charge in [0.15, 0.2) is 0 Å². The average molecular weight is 297 g/mol. The maximum absolute atomic E-state index is 12.9. The number of benzene rings is 1. The minimum Gasteiger partial charge on any atom is -0.322 e. The molecule has 0 fully saturated rings. The highest BCUT2D eigenvalue weighted by Crippen LogP contribution is 2.10. The van der Waals surface area contributed by atoms with Crippen LogP contribution in [0.3, 0.4) is 0 Å². The van der Waals surface area contributed by atoms with Crippen molar-refractivity contribution in [2.24, 2.45) is 0 Å². The van der Waals surface area contributed by atoms with Crippen molar-refractivity contribution in [1.82, 2.24) is 9.38 Å². The van der Waals surface area contributed by atoms with E-state index in [9.17, 15) is 14.0 Å². The van der Waals surface area contributed by atoms with E-state index in [2.05, 4.69) is 10.3 Å². The van der Waals surface area contributed by atoms with Crippen molar-refractivity contribution in [1.29, 1.82) is 0 Å². The van der Waals surface area contributed by atoms with Gasteiger partial charge in [-0.2, -0.15) is 0 Å². The number of halogens is 1. The topological polar surface area (TPSA) is 63.5 Å². The number of nitrogens with one attached hydrogen (secondary N) is 1.